The molecule has 0 unspecified atom stereocenters. The number of nitrogens with zero attached hydrogens (tertiary/aromatic N) is 1. The van der Waals surface area contributed by atoms with Crippen molar-refractivity contribution < 1.29 is 14.2 Å². The number of aromatic nitrogens is 1. The van der Waals surface area contributed by atoms with Crippen LogP contribution in [0, 0.1) is 0 Å². The minimum atomic E-state index is 0.483. The van der Waals surface area contributed by atoms with E-state index in [2.05, 4.69) is 12.1 Å². The van der Waals surface area contributed by atoms with Gasteiger partial charge in [0.2, 0.25) is 0 Å². The number of para-hydroxylation sites is 1. The Morgan fingerprint density at radius 1 is 0.955 bits per heavy atom. The van der Waals surface area contributed by atoms with Gasteiger partial charge in [-0.05, 0) is 18.2 Å². The summed E-state index contributed by atoms with van der Waals surface area (Å²) >= 11 is 0. The highest BCUT2D eigenvalue weighted by Crippen LogP contribution is 2.39. The average Bonchev–Trinajstić information content (AvgIpc) is 2.58. The maximum atomic E-state index is 5.78. The first kappa shape index (κ1) is 13.0. The highest BCUT2D eigenvalue weighted by atomic mass is 16.5. The van der Waals surface area contributed by atoms with Crippen molar-refractivity contribution in [1.82, 2.24) is 4.98 Å². The van der Waals surface area contributed by atoms with Gasteiger partial charge in [-0.2, -0.15) is 0 Å². The summed E-state index contributed by atoms with van der Waals surface area (Å²) in [7, 11) is 3.26. The number of ether oxygens (including phenoxy) is 3. The molecule has 0 N–H and O–H groups in total. The first-order chi connectivity index (χ1) is 10.8. The van der Waals surface area contributed by atoms with Crippen molar-refractivity contribution in [2.24, 2.45) is 0 Å². The number of benzene rings is 2. The molecule has 110 valence electrons. The van der Waals surface area contributed by atoms with Crippen LogP contribution in [0.4, 0.5) is 0 Å². The zero-order valence-corrected chi connectivity index (χ0v) is 12.4. The van der Waals surface area contributed by atoms with Crippen LogP contribution in [0.5, 0.6) is 17.2 Å². The van der Waals surface area contributed by atoms with E-state index in [4.69, 9.17) is 19.2 Å². The fraction of sp³-hybridized carbons (Fsp3) is 0.167. The van der Waals surface area contributed by atoms with E-state index in [1.165, 1.54) is 0 Å². The Balaban J connectivity index is 1.98. The quantitative estimate of drug-likeness (QED) is 0.720. The molecular weight excluding hydrogens is 278 g/mol. The molecule has 0 saturated heterocycles. The molecule has 0 amide bonds. The molecule has 0 spiro atoms. The van der Waals surface area contributed by atoms with Crippen LogP contribution < -0.4 is 14.2 Å². The summed E-state index contributed by atoms with van der Waals surface area (Å²) in [6, 6.07) is 14.0. The number of hydrogen-bond acceptors (Lipinski definition) is 4. The van der Waals surface area contributed by atoms with Crippen molar-refractivity contribution in [3.8, 4) is 28.4 Å². The topological polar surface area (TPSA) is 40.6 Å². The van der Waals surface area contributed by atoms with Crippen molar-refractivity contribution in [3.63, 3.8) is 0 Å². The molecule has 1 aliphatic rings. The SMILES string of the molecule is COc1cc2cc3c(nc2cc1OC)COc1ccccc1-3. The van der Waals surface area contributed by atoms with Gasteiger partial charge in [0, 0.05) is 22.6 Å². The lowest BCUT2D eigenvalue weighted by atomic mass is 9.99. The third kappa shape index (κ3) is 1.88. The number of rotatable bonds is 2. The fourth-order valence-electron chi connectivity index (χ4n) is 2.85. The second kappa shape index (κ2) is 4.91. The van der Waals surface area contributed by atoms with E-state index >= 15 is 0 Å². The molecule has 22 heavy (non-hydrogen) atoms. The molecule has 0 aliphatic carbocycles. The molecule has 1 aromatic heterocycles. The summed E-state index contributed by atoms with van der Waals surface area (Å²) in [6.07, 6.45) is 0. The second-order valence-corrected chi connectivity index (χ2v) is 5.17. The highest BCUT2D eigenvalue weighted by molar-refractivity contribution is 5.89. The molecule has 0 radical (unpaired) electrons. The zero-order valence-electron chi connectivity index (χ0n) is 12.4. The van der Waals surface area contributed by atoms with Gasteiger partial charge in [0.25, 0.3) is 0 Å². The summed E-state index contributed by atoms with van der Waals surface area (Å²) in [4.78, 5) is 4.74. The van der Waals surface area contributed by atoms with Crippen LogP contribution in [0.25, 0.3) is 22.0 Å². The second-order valence-electron chi connectivity index (χ2n) is 5.17. The van der Waals surface area contributed by atoms with Crippen molar-refractivity contribution in [2.45, 2.75) is 6.61 Å². The molecule has 2 aromatic carbocycles. The Bertz CT molecular complexity index is 874. The molecule has 0 bridgehead atoms. The molecule has 4 rings (SSSR count). The van der Waals surface area contributed by atoms with E-state index in [0.29, 0.717) is 18.1 Å². The first-order valence-corrected chi connectivity index (χ1v) is 7.08. The highest BCUT2D eigenvalue weighted by Gasteiger charge is 2.19. The molecule has 0 saturated carbocycles. The van der Waals surface area contributed by atoms with E-state index in [-0.39, 0.29) is 0 Å². The van der Waals surface area contributed by atoms with Crippen LogP contribution in [0.2, 0.25) is 0 Å². The van der Waals surface area contributed by atoms with Gasteiger partial charge in [0.05, 0.1) is 25.4 Å². The van der Waals surface area contributed by atoms with Crippen LogP contribution in [0.3, 0.4) is 0 Å². The van der Waals surface area contributed by atoms with E-state index in [0.717, 1.165) is 33.5 Å². The minimum Gasteiger partial charge on any atom is -0.493 e. The summed E-state index contributed by atoms with van der Waals surface area (Å²) < 4.78 is 16.5. The van der Waals surface area contributed by atoms with Gasteiger partial charge in [0.15, 0.2) is 11.5 Å². The Morgan fingerprint density at radius 3 is 2.55 bits per heavy atom. The van der Waals surface area contributed by atoms with E-state index in [1.807, 2.05) is 30.3 Å². The Kier molecular flexibility index (Phi) is 2.89. The monoisotopic (exact) mass is 293 g/mol. The van der Waals surface area contributed by atoms with Gasteiger partial charge in [-0.25, -0.2) is 4.98 Å². The number of methoxy groups -OCH3 is 2. The van der Waals surface area contributed by atoms with Crippen LogP contribution in [0.15, 0.2) is 42.5 Å². The smallest absolute Gasteiger partial charge is 0.162 e. The molecule has 2 heterocycles. The normalized spacial score (nSPS) is 12.3. The summed E-state index contributed by atoms with van der Waals surface area (Å²) in [6.45, 7) is 0.483. The third-order valence-electron chi connectivity index (χ3n) is 3.94. The van der Waals surface area contributed by atoms with E-state index < -0.39 is 0 Å². The van der Waals surface area contributed by atoms with Crippen LogP contribution >= 0.6 is 0 Å². The summed E-state index contributed by atoms with van der Waals surface area (Å²) in [5, 5.41) is 1.02. The molecule has 4 heteroatoms. The lowest BCUT2D eigenvalue weighted by Gasteiger charge is -2.20. The van der Waals surface area contributed by atoms with Gasteiger partial charge in [-0.3, -0.25) is 0 Å². The Morgan fingerprint density at radius 2 is 1.73 bits per heavy atom. The van der Waals surface area contributed by atoms with E-state index in [9.17, 15) is 0 Å². The Labute approximate surface area is 128 Å². The maximum Gasteiger partial charge on any atom is 0.162 e. The van der Waals surface area contributed by atoms with Crippen molar-refractivity contribution in [1.29, 1.82) is 0 Å². The number of pyridine rings is 1. The number of fused-ring (bicyclic) bond motifs is 4. The molecule has 4 nitrogen and oxygen atoms in total. The van der Waals surface area contributed by atoms with Gasteiger partial charge in [-0.1, -0.05) is 18.2 Å². The molecule has 3 aromatic rings. The average molecular weight is 293 g/mol. The van der Waals surface area contributed by atoms with Gasteiger partial charge < -0.3 is 14.2 Å². The van der Waals surface area contributed by atoms with Gasteiger partial charge in [0.1, 0.15) is 12.4 Å². The molecular formula is C18H15NO3. The maximum absolute atomic E-state index is 5.78. The molecule has 0 fully saturated rings. The largest absolute Gasteiger partial charge is 0.493 e. The number of hydrogen-bond donors (Lipinski definition) is 0. The lowest BCUT2D eigenvalue weighted by Crippen LogP contribution is -2.07. The van der Waals surface area contributed by atoms with E-state index in [1.54, 1.807) is 14.2 Å². The summed E-state index contributed by atoms with van der Waals surface area (Å²) in [5.74, 6) is 2.29. The van der Waals surface area contributed by atoms with Crippen molar-refractivity contribution >= 4 is 10.9 Å². The van der Waals surface area contributed by atoms with Crippen LogP contribution in [-0.2, 0) is 6.61 Å². The predicted octanol–water partition coefficient (Wildman–Crippen LogP) is 3.81. The molecule has 0 atom stereocenters. The third-order valence-corrected chi connectivity index (χ3v) is 3.94. The lowest BCUT2D eigenvalue weighted by molar-refractivity contribution is 0.297. The van der Waals surface area contributed by atoms with Crippen molar-refractivity contribution in [2.75, 3.05) is 14.2 Å². The van der Waals surface area contributed by atoms with Gasteiger partial charge >= 0.3 is 0 Å². The van der Waals surface area contributed by atoms with Gasteiger partial charge in [-0.15, -0.1) is 0 Å². The zero-order chi connectivity index (χ0) is 15.1. The standard InChI is InChI=1S/C18H15NO3/c1-20-17-8-11-7-13-12-5-3-4-6-16(12)22-10-15(13)19-14(11)9-18(17)21-2/h3-9H,10H2,1-2H3. The first-order valence-electron chi connectivity index (χ1n) is 7.08. The van der Waals surface area contributed by atoms with Crippen LogP contribution in [-0.4, -0.2) is 19.2 Å². The predicted molar refractivity (Wildman–Crippen MR) is 84.6 cm³/mol. The van der Waals surface area contributed by atoms with Crippen LogP contribution in [0.1, 0.15) is 5.69 Å². The fourth-order valence-corrected chi connectivity index (χ4v) is 2.85. The van der Waals surface area contributed by atoms with Crippen molar-refractivity contribution in [3.05, 3.63) is 48.2 Å². The Hall–Kier alpha value is -2.75. The summed E-state index contributed by atoms with van der Waals surface area (Å²) in [5.41, 5.74) is 4.01. The minimum absolute atomic E-state index is 0.483. The molecule has 1 aliphatic heterocycles.